The lowest BCUT2D eigenvalue weighted by Crippen LogP contribution is -2.17. The summed E-state index contributed by atoms with van der Waals surface area (Å²) in [5, 5.41) is 5.39. The number of amides is 1. The Labute approximate surface area is 157 Å². The average molecular weight is 365 g/mol. The van der Waals surface area contributed by atoms with Gasteiger partial charge in [-0.05, 0) is 35.6 Å². The van der Waals surface area contributed by atoms with Gasteiger partial charge in [0.05, 0.1) is 5.52 Å². The van der Waals surface area contributed by atoms with Crippen LogP contribution in [0.15, 0.2) is 24.5 Å². The maximum absolute atomic E-state index is 12.2. The molecule has 0 spiro atoms. The van der Waals surface area contributed by atoms with Gasteiger partial charge in [0.2, 0.25) is 5.82 Å². The monoisotopic (exact) mass is 365 g/mol. The summed E-state index contributed by atoms with van der Waals surface area (Å²) >= 11 is 0. The second kappa shape index (κ2) is 6.57. The number of nitrogens with zero attached hydrogens (tertiary/aromatic N) is 4. The van der Waals surface area contributed by atoms with E-state index in [4.69, 9.17) is 5.73 Å². The van der Waals surface area contributed by atoms with Crippen LogP contribution in [0, 0.1) is 12.3 Å². The molecule has 0 fully saturated rings. The van der Waals surface area contributed by atoms with Crippen molar-refractivity contribution in [2.24, 2.45) is 11.1 Å². The summed E-state index contributed by atoms with van der Waals surface area (Å²) < 4.78 is 1.91. The summed E-state index contributed by atoms with van der Waals surface area (Å²) in [5.41, 5.74) is 9.22. The fraction of sp³-hybridized carbons (Fsp3) is 0.350. The predicted molar refractivity (Wildman–Crippen MR) is 103 cm³/mol. The highest BCUT2D eigenvalue weighted by molar-refractivity contribution is 6.06. The normalized spacial score (nSPS) is 11.7. The summed E-state index contributed by atoms with van der Waals surface area (Å²) in [7, 11) is 0. The molecule has 0 aliphatic rings. The van der Waals surface area contributed by atoms with Gasteiger partial charge in [-0.3, -0.25) is 14.3 Å². The number of fused-ring (bicyclic) bond motifs is 1. The molecule has 140 valence electrons. The van der Waals surface area contributed by atoms with Gasteiger partial charge in [0.1, 0.15) is 5.69 Å². The summed E-state index contributed by atoms with van der Waals surface area (Å²) in [6.07, 6.45) is 3.11. The van der Waals surface area contributed by atoms with Crippen molar-refractivity contribution in [1.29, 1.82) is 0 Å². The Kier molecular flexibility index (Phi) is 4.55. The van der Waals surface area contributed by atoms with Crippen molar-refractivity contribution in [2.45, 2.75) is 41.2 Å². The van der Waals surface area contributed by atoms with Crippen molar-refractivity contribution in [3.05, 3.63) is 41.6 Å². The lowest BCUT2D eigenvalue weighted by atomic mass is 9.96. The van der Waals surface area contributed by atoms with Crippen molar-refractivity contribution < 1.29 is 9.59 Å². The van der Waals surface area contributed by atoms with Crippen LogP contribution in [0.25, 0.3) is 22.0 Å². The summed E-state index contributed by atoms with van der Waals surface area (Å²) in [6.45, 7) is 10.6. The van der Waals surface area contributed by atoms with Crippen LogP contribution in [0.5, 0.6) is 0 Å². The predicted octanol–water partition coefficient (Wildman–Crippen LogP) is 3.15. The molecular weight excluding hydrogens is 342 g/mol. The molecule has 0 unspecified atom stereocenters. The maximum atomic E-state index is 12.2. The highest BCUT2D eigenvalue weighted by atomic mass is 16.1. The quantitative estimate of drug-likeness (QED) is 0.715. The molecule has 3 aromatic rings. The number of carbonyl (C=O) groups excluding carboxylic acids is 2. The van der Waals surface area contributed by atoms with Gasteiger partial charge < -0.3 is 5.73 Å². The van der Waals surface area contributed by atoms with E-state index in [9.17, 15) is 9.59 Å². The van der Waals surface area contributed by atoms with Crippen LogP contribution in [-0.4, -0.2) is 31.4 Å². The number of benzene rings is 1. The van der Waals surface area contributed by atoms with Crippen molar-refractivity contribution in [3.63, 3.8) is 0 Å². The number of aromatic nitrogens is 4. The molecule has 2 N–H and O–H groups in total. The molecule has 3 rings (SSSR count). The largest absolute Gasteiger partial charge is 0.363 e. The molecule has 0 atom stereocenters. The van der Waals surface area contributed by atoms with Crippen LogP contribution in [0.2, 0.25) is 0 Å². The van der Waals surface area contributed by atoms with Crippen LogP contribution >= 0.6 is 0 Å². The van der Waals surface area contributed by atoms with Gasteiger partial charge in [-0.25, -0.2) is 9.97 Å². The molecule has 0 bridgehead atoms. The second-order valence-corrected chi connectivity index (χ2v) is 7.97. The van der Waals surface area contributed by atoms with Gasteiger partial charge in [-0.1, -0.05) is 20.8 Å². The van der Waals surface area contributed by atoms with E-state index in [1.807, 2.05) is 23.7 Å². The number of nitrogens with two attached hydrogens (primary N) is 1. The summed E-state index contributed by atoms with van der Waals surface area (Å²) in [4.78, 5) is 31.3. The highest BCUT2D eigenvalue weighted by Crippen LogP contribution is 2.31. The fourth-order valence-corrected chi connectivity index (χ4v) is 3.12. The molecule has 1 aromatic carbocycles. The van der Waals surface area contributed by atoms with Crippen LogP contribution < -0.4 is 5.73 Å². The molecule has 0 saturated heterocycles. The van der Waals surface area contributed by atoms with Crippen molar-refractivity contribution >= 4 is 22.6 Å². The lowest BCUT2D eigenvalue weighted by Gasteiger charge is -2.19. The van der Waals surface area contributed by atoms with Crippen LogP contribution in [0.1, 0.15) is 54.4 Å². The molecule has 2 aromatic heterocycles. The molecule has 7 nitrogen and oxygen atoms in total. The smallest absolute Gasteiger partial charge is 0.286 e. The Morgan fingerprint density at radius 3 is 2.26 bits per heavy atom. The molecule has 27 heavy (non-hydrogen) atoms. The maximum Gasteiger partial charge on any atom is 0.286 e. The Morgan fingerprint density at radius 2 is 1.74 bits per heavy atom. The molecule has 0 radical (unpaired) electrons. The van der Waals surface area contributed by atoms with E-state index < -0.39 is 5.91 Å². The number of hydrogen-bond donors (Lipinski definition) is 1. The number of primary amides is 1. The number of ketones is 1. The molecule has 0 aliphatic carbocycles. The van der Waals surface area contributed by atoms with Crippen LogP contribution in [0.4, 0.5) is 0 Å². The topological polar surface area (TPSA) is 104 Å². The fourth-order valence-electron chi connectivity index (χ4n) is 3.12. The van der Waals surface area contributed by atoms with E-state index in [2.05, 4.69) is 35.8 Å². The highest BCUT2D eigenvalue weighted by Gasteiger charge is 2.21. The van der Waals surface area contributed by atoms with Crippen molar-refractivity contribution in [3.8, 4) is 11.1 Å². The first-order valence-corrected chi connectivity index (χ1v) is 8.71. The number of aryl methyl sites for hydroxylation is 1. The minimum Gasteiger partial charge on any atom is -0.363 e. The van der Waals surface area contributed by atoms with Crippen molar-refractivity contribution in [1.82, 2.24) is 19.7 Å². The van der Waals surface area contributed by atoms with E-state index in [1.54, 1.807) is 12.4 Å². The van der Waals surface area contributed by atoms with E-state index >= 15 is 0 Å². The average Bonchev–Trinajstić information content (AvgIpc) is 2.92. The van der Waals surface area contributed by atoms with E-state index in [0.29, 0.717) is 12.2 Å². The minimum atomic E-state index is -0.671. The third-order valence-electron chi connectivity index (χ3n) is 4.20. The minimum absolute atomic E-state index is 0.0244. The molecule has 1 amide bonds. The number of hydrogen-bond acceptors (Lipinski definition) is 5. The molecular formula is C20H23N5O2. The van der Waals surface area contributed by atoms with Gasteiger partial charge in [0, 0.05) is 36.8 Å². The Hall–Kier alpha value is -3.09. The first kappa shape index (κ1) is 18.7. The number of rotatable bonds is 4. The summed E-state index contributed by atoms with van der Waals surface area (Å²) in [5.74, 6) is -0.779. The number of carbonyl (C=O) groups is 2. The van der Waals surface area contributed by atoms with Gasteiger partial charge in [0.25, 0.3) is 5.91 Å². The zero-order chi connectivity index (χ0) is 19.9. The Morgan fingerprint density at radius 1 is 1.11 bits per heavy atom. The molecule has 2 heterocycles. The van der Waals surface area contributed by atoms with Gasteiger partial charge in [0.15, 0.2) is 5.78 Å². The van der Waals surface area contributed by atoms with Crippen LogP contribution in [-0.2, 0) is 6.54 Å². The molecule has 0 aliphatic heterocycles. The third kappa shape index (κ3) is 3.72. The zero-order valence-corrected chi connectivity index (χ0v) is 16.2. The third-order valence-corrected chi connectivity index (χ3v) is 4.20. The standard InChI is InChI=1S/C20H23N5O2/c1-11-6-13(14-8-22-19(18(21)27)23-9-14)7-15-16(12(2)26)24-25(17(11)15)10-20(3,4)5/h6-9H,10H2,1-5H3,(H2,21,27). The molecule has 7 heteroatoms. The van der Waals surface area contributed by atoms with E-state index in [-0.39, 0.29) is 17.0 Å². The van der Waals surface area contributed by atoms with Gasteiger partial charge >= 0.3 is 0 Å². The van der Waals surface area contributed by atoms with E-state index in [1.165, 1.54) is 6.92 Å². The Balaban J connectivity index is 2.19. The SMILES string of the molecule is CC(=O)c1nn(CC(C)(C)C)c2c(C)cc(-c3cnc(C(N)=O)nc3)cc12. The van der Waals surface area contributed by atoms with E-state index in [0.717, 1.165) is 27.6 Å². The zero-order valence-electron chi connectivity index (χ0n) is 16.2. The first-order valence-electron chi connectivity index (χ1n) is 8.71. The van der Waals surface area contributed by atoms with Crippen LogP contribution in [0.3, 0.4) is 0 Å². The van der Waals surface area contributed by atoms with Gasteiger partial charge in [-0.15, -0.1) is 0 Å². The summed E-state index contributed by atoms with van der Waals surface area (Å²) in [6, 6.07) is 3.93. The number of Topliss-reactive ketones (excluding diaryl/α,β-unsaturated/α-hetero) is 1. The molecule has 0 saturated carbocycles. The Bertz CT molecular complexity index is 1040. The lowest BCUT2D eigenvalue weighted by molar-refractivity contribution is 0.0987. The first-order chi connectivity index (χ1) is 12.6. The van der Waals surface area contributed by atoms with Crippen molar-refractivity contribution in [2.75, 3.05) is 0 Å². The second-order valence-electron chi connectivity index (χ2n) is 7.97. The van der Waals surface area contributed by atoms with Gasteiger partial charge in [-0.2, -0.15) is 5.10 Å².